The normalized spacial score (nSPS) is 18.6. The number of fused-ring (bicyclic) bond motifs is 1. The number of hydrogen-bond donors (Lipinski definition) is 2. The zero-order valence-electron chi connectivity index (χ0n) is 14.2. The first-order chi connectivity index (χ1) is 12.5. The molecule has 1 aromatic rings. The third kappa shape index (κ3) is 6.27. The van der Waals surface area contributed by atoms with E-state index in [0.717, 1.165) is 11.4 Å². The number of hydrogen-bond acceptors (Lipinski definition) is 8. The van der Waals surface area contributed by atoms with E-state index in [4.69, 9.17) is 23.7 Å². The summed E-state index contributed by atoms with van der Waals surface area (Å²) >= 11 is 0. The average molecular weight is 397 g/mol. The number of aromatic carboxylic acids is 1. The molecule has 1 atom stereocenters. The third-order valence-corrected chi connectivity index (χ3v) is 3.85. The van der Waals surface area contributed by atoms with E-state index >= 15 is 0 Å². The summed E-state index contributed by atoms with van der Waals surface area (Å²) in [6, 6.07) is 6.06. The van der Waals surface area contributed by atoms with Gasteiger partial charge in [0, 0.05) is 18.3 Å². The van der Waals surface area contributed by atoms with Gasteiger partial charge in [-0.15, -0.1) is 0 Å². The molecule has 0 fully saturated rings. The SMILES string of the molecule is CC1=CC2=NCC(C(=O)c3ccc(C(=O)O)cc3)CN2C=C1.[O-][Cl+3]([O-])([O-])O. The average Bonchev–Trinajstić information content (AvgIpc) is 2.59. The minimum Gasteiger partial charge on any atom is -0.478 e. The van der Waals surface area contributed by atoms with Gasteiger partial charge >= 0.3 is 5.97 Å². The fraction of sp³-hybridized carbons (Fsp3) is 0.235. The number of carboxylic acid groups (broad SMARTS) is 1. The molecule has 0 amide bonds. The zero-order chi connectivity index (χ0) is 20.2. The standard InChI is InChI=1S/C17H16N2O3.ClHO4/c1-11-6-7-19-10-14(9-18-15(19)8-11)16(20)12-2-4-13(5-3-12)17(21)22;2-1(3,4)5/h2-8,14H,9-10H2,1H3,(H,21,22);(H,2,3,4,5). The quantitative estimate of drug-likeness (QED) is 0.568. The van der Waals surface area contributed by atoms with E-state index in [1.807, 2.05) is 30.2 Å². The monoisotopic (exact) mass is 396 g/mol. The molecule has 1 aromatic carbocycles. The number of carbonyl (C=O) groups excluding carboxylic acids is 1. The largest absolute Gasteiger partial charge is 0.478 e. The summed E-state index contributed by atoms with van der Waals surface area (Å²) in [5, 5.41) is 8.89. The summed E-state index contributed by atoms with van der Waals surface area (Å²) in [6.07, 6.45) is 5.94. The lowest BCUT2D eigenvalue weighted by Crippen LogP contribution is -2.58. The van der Waals surface area contributed by atoms with Crippen LogP contribution in [0.1, 0.15) is 27.6 Å². The molecule has 0 spiro atoms. The van der Waals surface area contributed by atoms with Crippen molar-refractivity contribution < 1.29 is 43.6 Å². The highest BCUT2D eigenvalue weighted by Crippen LogP contribution is 2.20. The molecule has 27 heavy (non-hydrogen) atoms. The van der Waals surface area contributed by atoms with Crippen LogP contribution in [-0.4, -0.2) is 45.3 Å². The summed E-state index contributed by atoms with van der Waals surface area (Å²) in [7, 11) is -4.69. The van der Waals surface area contributed by atoms with Crippen LogP contribution < -0.4 is 14.0 Å². The van der Waals surface area contributed by atoms with Crippen LogP contribution in [0.5, 0.6) is 0 Å². The Kier molecular flexibility index (Phi) is 6.47. The minimum atomic E-state index is -4.69. The second kappa shape index (κ2) is 8.42. The van der Waals surface area contributed by atoms with Gasteiger partial charge in [0.05, 0.1) is 32.9 Å². The number of Topliss-reactive ketones (excluding diaryl/α,β-unsaturated/α-hetero) is 1. The van der Waals surface area contributed by atoms with E-state index in [9.17, 15) is 9.59 Å². The Bertz CT molecular complexity index is 804. The summed E-state index contributed by atoms with van der Waals surface area (Å²) < 4.78 is 32.7. The van der Waals surface area contributed by atoms with E-state index in [1.54, 1.807) is 12.1 Å². The van der Waals surface area contributed by atoms with Crippen LogP contribution in [0.2, 0.25) is 0 Å². The van der Waals surface area contributed by atoms with Gasteiger partial charge in [0.2, 0.25) is 0 Å². The molecule has 3 rings (SSSR count). The van der Waals surface area contributed by atoms with Crippen molar-refractivity contribution in [2.75, 3.05) is 13.1 Å². The van der Waals surface area contributed by atoms with Gasteiger partial charge in [0.15, 0.2) is 5.78 Å². The molecule has 2 heterocycles. The van der Waals surface area contributed by atoms with Crippen LogP contribution in [0.4, 0.5) is 0 Å². The van der Waals surface area contributed by atoms with Crippen LogP contribution in [0.3, 0.4) is 0 Å². The van der Waals surface area contributed by atoms with Crippen molar-refractivity contribution in [3.8, 4) is 0 Å². The second-order valence-electron chi connectivity index (χ2n) is 5.90. The highest BCUT2D eigenvalue weighted by Gasteiger charge is 2.27. The number of ketones is 1. The predicted octanol–water partition coefficient (Wildman–Crippen LogP) is -1.75. The Morgan fingerprint density at radius 1 is 1.19 bits per heavy atom. The maximum Gasteiger partial charge on any atom is 0.335 e. The van der Waals surface area contributed by atoms with Crippen LogP contribution in [0.25, 0.3) is 0 Å². The number of allylic oxidation sites excluding steroid dienone is 2. The highest BCUT2D eigenvalue weighted by atomic mass is 35.7. The van der Waals surface area contributed by atoms with Gasteiger partial charge in [-0.05, 0) is 36.8 Å². The van der Waals surface area contributed by atoms with Gasteiger partial charge in [-0.25, -0.2) is 4.79 Å². The number of aliphatic imine (C=N–C) groups is 1. The Balaban J connectivity index is 0.000000465. The first kappa shape index (κ1) is 20.7. The molecule has 0 saturated carbocycles. The molecule has 0 saturated heterocycles. The van der Waals surface area contributed by atoms with Crippen molar-refractivity contribution in [2.24, 2.45) is 10.9 Å². The number of rotatable bonds is 3. The highest BCUT2D eigenvalue weighted by molar-refractivity contribution is 6.01. The van der Waals surface area contributed by atoms with Crippen LogP contribution in [0, 0.1) is 16.2 Å². The van der Waals surface area contributed by atoms with Gasteiger partial charge in [-0.3, -0.25) is 9.79 Å². The molecule has 144 valence electrons. The molecule has 2 N–H and O–H groups in total. The Labute approximate surface area is 156 Å². The number of halogens is 1. The smallest absolute Gasteiger partial charge is 0.335 e. The van der Waals surface area contributed by atoms with E-state index in [-0.39, 0.29) is 17.3 Å². The number of carboxylic acids is 1. The van der Waals surface area contributed by atoms with Crippen molar-refractivity contribution in [1.82, 2.24) is 4.90 Å². The van der Waals surface area contributed by atoms with E-state index in [1.165, 1.54) is 12.1 Å². The van der Waals surface area contributed by atoms with E-state index in [2.05, 4.69) is 4.99 Å². The van der Waals surface area contributed by atoms with E-state index in [0.29, 0.717) is 18.7 Å². The van der Waals surface area contributed by atoms with E-state index < -0.39 is 16.2 Å². The molecule has 9 nitrogen and oxygen atoms in total. The van der Waals surface area contributed by atoms with Crippen molar-refractivity contribution in [3.63, 3.8) is 0 Å². The Morgan fingerprint density at radius 3 is 2.30 bits per heavy atom. The molecular formula is C17H17ClN2O7. The molecule has 0 bridgehead atoms. The molecule has 2 aliphatic heterocycles. The molecule has 0 aliphatic carbocycles. The van der Waals surface area contributed by atoms with Crippen LogP contribution in [-0.2, 0) is 0 Å². The van der Waals surface area contributed by atoms with Gasteiger partial charge in [0.1, 0.15) is 5.84 Å². The molecular weight excluding hydrogens is 380 g/mol. The topological polar surface area (TPSA) is 159 Å². The minimum absolute atomic E-state index is 0.000543. The van der Waals surface area contributed by atoms with Gasteiger partial charge in [0.25, 0.3) is 0 Å². The Hall–Kier alpha value is -2.56. The lowest BCUT2D eigenvalue weighted by molar-refractivity contribution is -1.92. The van der Waals surface area contributed by atoms with Gasteiger partial charge in [-0.1, -0.05) is 12.1 Å². The summed E-state index contributed by atoms with van der Waals surface area (Å²) in [4.78, 5) is 29.8. The van der Waals surface area contributed by atoms with Crippen molar-refractivity contribution in [3.05, 3.63) is 59.3 Å². The third-order valence-electron chi connectivity index (χ3n) is 3.85. The molecule has 1 unspecified atom stereocenters. The molecule has 0 radical (unpaired) electrons. The second-order valence-corrected chi connectivity index (χ2v) is 6.69. The first-order valence-corrected chi connectivity index (χ1v) is 8.99. The van der Waals surface area contributed by atoms with Gasteiger partial charge in [-0.2, -0.15) is 14.0 Å². The fourth-order valence-corrected chi connectivity index (χ4v) is 2.59. The lowest BCUT2D eigenvalue weighted by Gasteiger charge is -2.31. The van der Waals surface area contributed by atoms with Crippen molar-refractivity contribution in [2.45, 2.75) is 6.92 Å². The molecule has 0 aromatic heterocycles. The van der Waals surface area contributed by atoms with Crippen molar-refractivity contribution in [1.29, 1.82) is 0 Å². The summed E-state index contributed by atoms with van der Waals surface area (Å²) in [5.74, 6) is -0.313. The molecule has 10 heteroatoms. The van der Waals surface area contributed by atoms with Crippen LogP contribution >= 0.6 is 0 Å². The Morgan fingerprint density at radius 2 is 1.74 bits per heavy atom. The first-order valence-electron chi connectivity index (χ1n) is 7.73. The predicted molar refractivity (Wildman–Crippen MR) is 85.3 cm³/mol. The summed E-state index contributed by atoms with van der Waals surface area (Å²) in [6.45, 7) is 3.07. The maximum absolute atomic E-state index is 12.5. The maximum atomic E-state index is 12.5. The van der Waals surface area contributed by atoms with Crippen molar-refractivity contribution >= 4 is 17.6 Å². The number of nitrogens with zero attached hydrogens (tertiary/aromatic N) is 2. The number of carbonyl (C=O) groups is 2. The number of benzene rings is 1. The van der Waals surface area contributed by atoms with Crippen LogP contribution in [0.15, 0.2) is 53.2 Å². The number of amidine groups is 1. The zero-order valence-corrected chi connectivity index (χ0v) is 15.0. The molecule has 2 aliphatic rings. The summed E-state index contributed by atoms with van der Waals surface area (Å²) in [5.41, 5.74) is 1.85. The fourth-order valence-electron chi connectivity index (χ4n) is 2.59. The lowest BCUT2D eigenvalue weighted by atomic mass is 9.94. The van der Waals surface area contributed by atoms with Gasteiger partial charge < -0.3 is 10.0 Å².